The summed E-state index contributed by atoms with van der Waals surface area (Å²) in [6, 6.07) is 0. The fourth-order valence-electron chi connectivity index (χ4n) is 10.1. The Bertz CT molecular complexity index is 903. The van der Waals surface area contributed by atoms with Crippen molar-refractivity contribution in [3.8, 4) is 0 Å². The van der Waals surface area contributed by atoms with Crippen molar-refractivity contribution in [1.29, 1.82) is 0 Å². The number of aliphatic hydroxyl groups is 3. The minimum atomic E-state index is -0.904. The minimum absolute atomic E-state index is 0.0587. The summed E-state index contributed by atoms with van der Waals surface area (Å²) < 4.78 is 0. The van der Waals surface area contributed by atoms with Crippen LogP contribution >= 0.6 is 0 Å². The smallest absolute Gasteiger partial charge is 0.184 e. The maximum atomic E-state index is 12.8. The first-order valence-corrected chi connectivity index (χ1v) is 13.2. The average molecular weight is 457 g/mol. The van der Waals surface area contributed by atoms with Crippen molar-refractivity contribution in [2.45, 2.75) is 91.8 Å². The van der Waals surface area contributed by atoms with E-state index < -0.39 is 23.0 Å². The van der Waals surface area contributed by atoms with Crippen LogP contribution in [0.15, 0.2) is 23.8 Å². The lowest BCUT2D eigenvalue weighted by Crippen LogP contribution is -2.63. The molecular weight excluding hydrogens is 412 g/mol. The number of ketones is 1. The molecule has 4 nitrogen and oxygen atoms in total. The van der Waals surface area contributed by atoms with Gasteiger partial charge in [-0.05, 0) is 98.4 Å². The lowest BCUT2D eigenvalue weighted by Gasteiger charge is -2.68. The molecule has 33 heavy (non-hydrogen) atoms. The third kappa shape index (κ3) is 2.78. The third-order valence-electron chi connectivity index (χ3n) is 12.3. The summed E-state index contributed by atoms with van der Waals surface area (Å²) in [5.41, 5.74) is 1.79. The van der Waals surface area contributed by atoms with Gasteiger partial charge in [0.05, 0.1) is 12.7 Å². The molecule has 0 heterocycles. The first-order valence-electron chi connectivity index (χ1n) is 13.2. The fraction of sp³-hybridized carbons (Fsp3) is 0.828. The first kappa shape index (κ1) is 23.8. The van der Waals surface area contributed by atoms with Crippen LogP contribution in [-0.2, 0) is 4.79 Å². The molecule has 0 aliphatic heterocycles. The lowest BCUT2D eigenvalue weighted by atomic mass is 9.36. The van der Waals surface area contributed by atoms with Crippen LogP contribution in [0.3, 0.4) is 0 Å². The van der Waals surface area contributed by atoms with E-state index in [0.29, 0.717) is 11.8 Å². The largest absolute Gasteiger partial charge is 0.396 e. The molecule has 10 atom stereocenters. The van der Waals surface area contributed by atoms with Gasteiger partial charge in [-0.1, -0.05) is 45.4 Å². The predicted molar refractivity (Wildman–Crippen MR) is 129 cm³/mol. The second-order valence-corrected chi connectivity index (χ2v) is 13.6. The summed E-state index contributed by atoms with van der Waals surface area (Å²) >= 11 is 0. The molecule has 5 aliphatic rings. The molecule has 0 amide bonds. The molecule has 5 rings (SSSR count). The topological polar surface area (TPSA) is 77.8 Å². The van der Waals surface area contributed by atoms with Gasteiger partial charge in [0.25, 0.3) is 0 Å². The van der Waals surface area contributed by atoms with Gasteiger partial charge >= 0.3 is 0 Å². The Morgan fingerprint density at radius 2 is 1.73 bits per heavy atom. The highest BCUT2D eigenvalue weighted by atomic mass is 16.3. The molecule has 0 saturated heterocycles. The molecule has 3 N–H and O–H groups in total. The zero-order valence-corrected chi connectivity index (χ0v) is 21.2. The molecular formula is C29H44O4. The molecule has 184 valence electrons. The molecule has 4 saturated carbocycles. The normalized spacial score (nSPS) is 52.8. The molecule has 0 aromatic carbocycles. The van der Waals surface area contributed by atoms with Crippen LogP contribution in [0.25, 0.3) is 0 Å². The highest BCUT2D eigenvalue weighted by Gasteiger charge is 2.69. The van der Waals surface area contributed by atoms with Crippen molar-refractivity contribution in [2.75, 3.05) is 6.61 Å². The summed E-state index contributed by atoms with van der Waals surface area (Å²) in [6.07, 6.45) is 7.30. The number of carbonyl (C=O) groups excluding carboxylic acids is 1. The van der Waals surface area contributed by atoms with E-state index in [1.165, 1.54) is 5.57 Å². The van der Waals surface area contributed by atoms with Crippen LogP contribution in [0.4, 0.5) is 0 Å². The molecule has 5 aliphatic carbocycles. The van der Waals surface area contributed by atoms with E-state index >= 15 is 0 Å². The quantitative estimate of drug-likeness (QED) is 0.528. The van der Waals surface area contributed by atoms with Gasteiger partial charge in [-0.25, -0.2) is 0 Å². The lowest BCUT2D eigenvalue weighted by molar-refractivity contribution is -0.193. The van der Waals surface area contributed by atoms with Crippen LogP contribution in [0.5, 0.6) is 0 Å². The van der Waals surface area contributed by atoms with E-state index in [-0.39, 0.29) is 41.0 Å². The average Bonchev–Trinajstić information content (AvgIpc) is 3.05. The van der Waals surface area contributed by atoms with Gasteiger partial charge < -0.3 is 15.3 Å². The van der Waals surface area contributed by atoms with E-state index in [2.05, 4.69) is 41.2 Å². The van der Waals surface area contributed by atoms with Gasteiger partial charge in [-0.2, -0.15) is 0 Å². The number of hydrogen-bond donors (Lipinski definition) is 3. The zero-order chi connectivity index (χ0) is 24.1. The second-order valence-electron chi connectivity index (χ2n) is 13.6. The zero-order valence-electron chi connectivity index (χ0n) is 21.2. The number of carbonyl (C=O) groups is 1. The number of rotatable bonds is 2. The van der Waals surface area contributed by atoms with E-state index in [9.17, 15) is 20.1 Å². The Morgan fingerprint density at radius 1 is 1.03 bits per heavy atom. The molecule has 0 unspecified atom stereocenters. The van der Waals surface area contributed by atoms with Crippen LogP contribution in [0.1, 0.15) is 79.6 Å². The van der Waals surface area contributed by atoms with Crippen molar-refractivity contribution in [3.05, 3.63) is 23.8 Å². The van der Waals surface area contributed by atoms with E-state index in [1.54, 1.807) is 0 Å². The summed E-state index contributed by atoms with van der Waals surface area (Å²) in [5.74, 6) is 1.48. The van der Waals surface area contributed by atoms with Gasteiger partial charge in [0.2, 0.25) is 0 Å². The molecule has 0 aromatic heterocycles. The maximum Gasteiger partial charge on any atom is 0.184 e. The third-order valence-corrected chi connectivity index (χ3v) is 12.3. The van der Waals surface area contributed by atoms with Gasteiger partial charge in [0.15, 0.2) is 5.78 Å². The Labute approximate surface area is 199 Å². The number of hydrogen-bond acceptors (Lipinski definition) is 4. The SMILES string of the molecule is C=C(C)[C@@H]1C[C@H](O)[C@]2(CO)CC[C@]3(C)[C@H](CC[C@@H]4C5=CC(=O)[C@H](O)C(C)(C)[C@@H]5CC[C@]43C)[C@@H]12. The molecule has 0 aromatic rings. The summed E-state index contributed by atoms with van der Waals surface area (Å²) in [6.45, 7) is 15.6. The van der Waals surface area contributed by atoms with Crippen LogP contribution < -0.4 is 0 Å². The second kappa shape index (κ2) is 7.27. The van der Waals surface area contributed by atoms with Gasteiger partial charge in [-0.15, -0.1) is 0 Å². The Hall–Kier alpha value is -0.970. The highest BCUT2D eigenvalue weighted by molar-refractivity contribution is 5.96. The first-order chi connectivity index (χ1) is 15.3. The maximum absolute atomic E-state index is 12.8. The van der Waals surface area contributed by atoms with E-state index in [4.69, 9.17) is 0 Å². The Kier molecular flexibility index (Phi) is 5.24. The van der Waals surface area contributed by atoms with Gasteiger partial charge in [0.1, 0.15) is 6.10 Å². The Balaban J connectivity index is 1.57. The molecule has 0 radical (unpaired) electrons. The van der Waals surface area contributed by atoms with Gasteiger partial charge in [0, 0.05) is 10.8 Å². The van der Waals surface area contributed by atoms with Gasteiger partial charge in [-0.3, -0.25) is 4.79 Å². The molecule has 0 bridgehead atoms. The standard InChI is InChI=1S/C29H44O4/c1-16(2)17-14-23(32)29(15-30)12-11-28(6)21(24(17)29)8-7-20-18-13-22(31)25(33)26(3,4)19(18)9-10-27(20,28)5/h13,17,19-21,23-25,30,32-33H,1,7-12,14-15H2,2-6H3/t17-,19+,20+,21+,23-,24+,25-,27+,28+,29+/m0/s1. The highest BCUT2D eigenvalue weighted by Crippen LogP contribution is 2.74. The summed E-state index contributed by atoms with van der Waals surface area (Å²) in [5, 5.41) is 32.4. The molecule has 4 heteroatoms. The van der Waals surface area contributed by atoms with Crippen molar-refractivity contribution in [2.24, 2.45) is 51.2 Å². The van der Waals surface area contributed by atoms with Crippen LogP contribution in [0.2, 0.25) is 0 Å². The van der Waals surface area contributed by atoms with Crippen molar-refractivity contribution in [1.82, 2.24) is 0 Å². The minimum Gasteiger partial charge on any atom is -0.396 e. The van der Waals surface area contributed by atoms with Crippen molar-refractivity contribution >= 4 is 5.78 Å². The number of allylic oxidation sites excluding steroid dienone is 2. The number of aliphatic hydroxyl groups excluding tert-OH is 3. The fourth-order valence-corrected chi connectivity index (χ4v) is 10.1. The predicted octanol–water partition coefficient (Wildman–Crippen LogP) is 4.68. The molecule has 0 spiro atoms. The van der Waals surface area contributed by atoms with E-state index in [1.807, 2.05) is 6.08 Å². The summed E-state index contributed by atoms with van der Waals surface area (Å²) in [4.78, 5) is 12.8. The van der Waals surface area contributed by atoms with Crippen LogP contribution in [0, 0.1) is 51.2 Å². The van der Waals surface area contributed by atoms with Crippen molar-refractivity contribution in [3.63, 3.8) is 0 Å². The van der Waals surface area contributed by atoms with Crippen molar-refractivity contribution < 1.29 is 20.1 Å². The monoisotopic (exact) mass is 456 g/mol. The van der Waals surface area contributed by atoms with Crippen LogP contribution in [-0.4, -0.2) is 39.9 Å². The number of fused-ring (bicyclic) bond motifs is 7. The Morgan fingerprint density at radius 3 is 2.36 bits per heavy atom. The van der Waals surface area contributed by atoms with E-state index in [0.717, 1.165) is 50.5 Å². The molecule has 4 fully saturated rings. The summed E-state index contributed by atoms with van der Waals surface area (Å²) in [7, 11) is 0.